The minimum absolute atomic E-state index is 0.254. The maximum Gasteiger partial charge on any atom is 0.530 e. The highest BCUT2D eigenvalue weighted by atomic mass is 31.2. The molecule has 304 valence electrons. The Morgan fingerprint density at radius 2 is 0.603 bits per heavy atom. The predicted molar refractivity (Wildman–Crippen MR) is 253 cm³/mol. The van der Waals surface area contributed by atoms with E-state index < -0.39 is 17.2 Å². The molecule has 0 atom stereocenters. The van der Waals surface area contributed by atoms with Gasteiger partial charge in [-0.2, -0.15) is 0 Å². The summed E-state index contributed by atoms with van der Waals surface area (Å²) in [6.45, 7) is 0. The lowest BCUT2D eigenvalue weighted by atomic mass is 9.84. The van der Waals surface area contributed by atoms with Crippen molar-refractivity contribution in [3.8, 4) is 34.5 Å². The number of fused-ring (bicyclic) bond motifs is 6. The monoisotopic (exact) mass is 858 g/mol. The number of hydrogen-bond donors (Lipinski definition) is 0. The van der Waals surface area contributed by atoms with Crippen LogP contribution in [-0.2, 0) is 6.42 Å². The lowest BCUT2D eigenvalue weighted by molar-refractivity contribution is 0.103. The van der Waals surface area contributed by atoms with Crippen LogP contribution in [0.1, 0.15) is 27.0 Å². The zero-order chi connectivity index (χ0) is 42.1. The Labute approximate surface area is 366 Å². The molecular weight excluding hydrogens is 823 g/mol. The summed E-state index contributed by atoms with van der Waals surface area (Å²) in [5.74, 6) is 2.72. The average Bonchev–Trinajstić information content (AvgIpc) is 3.31. The molecule has 0 N–H and O–H groups in total. The highest BCUT2D eigenvalue weighted by Crippen LogP contribution is 2.49. The summed E-state index contributed by atoms with van der Waals surface area (Å²) in [7, 11) is -4.25. The fourth-order valence-electron chi connectivity index (χ4n) is 7.96. The van der Waals surface area contributed by atoms with Gasteiger partial charge in [0, 0.05) is 0 Å². The molecule has 0 aliphatic heterocycles. The summed E-state index contributed by atoms with van der Waals surface area (Å²) in [5.41, 5.74) is 2.45. The Kier molecular flexibility index (Phi) is 10.3. The van der Waals surface area contributed by atoms with Crippen LogP contribution in [0.25, 0.3) is 43.1 Å². The van der Waals surface area contributed by atoms with Gasteiger partial charge in [0.25, 0.3) is 0 Å². The van der Waals surface area contributed by atoms with E-state index in [9.17, 15) is 0 Å². The molecule has 1 aliphatic rings. The van der Waals surface area contributed by atoms with Crippen molar-refractivity contribution in [2.45, 2.75) is 6.42 Å². The molecule has 0 saturated heterocycles. The normalized spacial score (nSPS) is 12.1. The van der Waals surface area contributed by atoms with Gasteiger partial charge in [0.1, 0.15) is 34.5 Å². The van der Waals surface area contributed by atoms with Crippen molar-refractivity contribution in [2.24, 2.45) is 0 Å². The third kappa shape index (κ3) is 8.09. The Balaban J connectivity index is 0.929. The van der Waals surface area contributed by atoms with Crippen molar-refractivity contribution >= 4 is 66.1 Å². The zero-order valence-corrected chi connectivity index (χ0v) is 35.4. The topological polar surface area (TPSA) is 72.5 Å². The number of carbonyl (C=O) groups is 1. The molecule has 10 aromatic carbocycles. The summed E-state index contributed by atoms with van der Waals surface area (Å²) in [5, 5.41) is 8.39. The number of rotatable bonds is 12. The Bertz CT molecular complexity index is 2970. The predicted octanol–water partition coefficient (Wildman–Crippen LogP) is 15.0. The van der Waals surface area contributed by atoms with Gasteiger partial charge in [0.05, 0.1) is 11.1 Å². The molecule has 9 heteroatoms. The first-order chi connectivity index (χ1) is 31.1. The van der Waals surface area contributed by atoms with E-state index in [1.165, 1.54) is 0 Å². The van der Waals surface area contributed by atoms with Crippen LogP contribution in [0.15, 0.2) is 206 Å². The number of carbonyl (C=O) groups excluding carboxylic acids is 1. The first-order valence-electron chi connectivity index (χ1n) is 20.5. The van der Waals surface area contributed by atoms with Crippen LogP contribution in [0.3, 0.4) is 0 Å². The van der Waals surface area contributed by atoms with Gasteiger partial charge < -0.3 is 27.1 Å². The molecule has 0 amide bonds. The van der Waals surface area contributed by atoms with Gasteiger partial charge in [-0.1, -0.05) is 146 Å². The van der Waals surface area contributed by atoms with E-state index >= 15 is 4.79 Å². The molecule has 7 nitrogen and oxygen atoms in total. The van der Waals surface area contributed by atoms with Crippen LogP contribution in [0, 0.1) is 0 Å². The van der Waals surface area contributed by atoms with E-state index in [4.69, 9.17) is 27.1 Å². The van der Waals surface area contributed by atoms with E-state index in [0.29, 0.717) is 52.0 Å². The molecular formula is C54H36O7P2. The largest absolute Gasteiger partial charge is 0.530 e. The molecule has 63 heavy (non-hydrogen) atoms. The minimum Gasteiger partial charge on any atom is -0.408 e. The van der Waals surface area contributed by atoms with Gasteiger partial charge in [-0.25, -0.2) is 0 Å². The summed E-state index contributed by atoms with van der Waals surface area (Å²) < 4.78 is 39.5. The first-order valence-corrected chi connectivity index (χ1v) is 22.7. The number of ketones is 1. The van der Waals surface area contributed by atoms with E-state index in [0.717, 1.165) is 54.2 Å². The van der Waals surface area contributed by atoms with Gasteiger partial charge in [0.15, 0.2) is 0 Å². The zero-order valence-electron chi connectivity index (χ0n) is 33.6. The van der Waals surface area contributed by atoms with Crippen LogP contribution in [0.5, 0.6) is 34.5 Å². The third-order valence-corrected chi connectivity index (χ3v) is 13.1. The van der Waals surface area contributed by atoms with Crippen molar-refractivity contribution in [3.05, 3.63) is 229 Å². The maximum atomic E-state index is 15.0. The van der Waals surface area contributed by atoms with Gasteiger partial charge in [-0.3, -0.25) is 4.79 Å². The molecule has 11 rings (SSSR count). The molecule has 0 spiro atoms. The van der Waals surface area contributed by atoms with E-state index in [2.05, 4.69) is 24.3 Å². The number of hydrogen-bond acceptors (Lipinski definition) is 7. The second-order valence-corrected chi connectivity index (χ2v) is 17.1. The van der Waals surface area contributed by atoms with Crippen LogP contribution in [-0.4, -0.2) is 5.78 Å². The van der Waals surface area contributed by atoms with Crippen LogP contribution >= 0.6 is 17.2 Å². The summed E-state index contributed by atoms with van der Waals surface area (Å²) >= 11 is 0. The third-order valence-electron chi connectivity index (χ3n) is 11.0. The SMILES string of the molecule is O=C1c2c(cccc2OP(Oc2ccc3ccccc3c2)Oc2ccc3ccccc3c2)Cc2cccc(OP(Oc3ccc4ccccc4c3)Oc3ccc4ccccc4c3)c21. The smallest absolute Gasteiger partial charge is 0.408 e. The Hall–Kier alpha value is -7.43. The molecule has 0 bridgehead atoms. The molecule has 0 saturated carbocycles. The molecule has 0 unspecified atom stereocenters. The molecule has 0 aromatic heterocycles. The maximum absolute atomic E-state index is 15.0. The van der Waals surface area contributed by atoms with Crippen molar-refractivity contribution in [1.29, 1.82) is 0 Å². The van der Waals surface area contributed by atoms with E-state index in [1.807, 2.05) is 170 Å². The first kappa shape index (κ1) is 38.5. The van der Waals surface area contributed by atoms with Gasteiger partial charge in [0.2, 0.25) is 5.78 Å². The highest BCUT2D eigenvalue weighted by molar-refractivity contribution is 7.43. The molecule has 1 aliphatic carbocycles. The standard InChI is InChI=1S/C54H36O7P2/c55-54-52-44(19-9-21-50(52)60-62(56-46-27-23-36-11-1-5-15-40(36)32-46)57-47-28-24-37-12-2-6-16-41(37)33-47)31-45-20-10-22-51(53(45)54)61-63(58-48-29-25-38-13-3-7-17-42(38)34-48)59-49-30-26-39-14-4-8-18-43(39)35-49/h1-30,32-35H,31H2. The fourth-order valence-corrected chi connectivity index (χ4v) is 9.95. The molecule has 10 aromatic rings. The van der Waals surface area contributed by atoms with Gasteiger partial charge in [-0.15, -0.1) is 0 Å². The van der Waals surface area contributed by atoms with Crippen LogP contribution in [0.4, 0.5) is 0 Å². The quantitative estimate of drug-likeness (QED) is 0.113. The molecule has 0 radical (unpaired) electrons. The summed E-state index contributed by atoms with van der Waals surface area (Å²) in [4.78, 5) is 15.0. The Morgan fingerprint density at radius 3 is 0.921 bits per heavy atom. The van der Waals surface area contributed by atoms with Crippen molar-refractivity contribution < 1.29 is 31.9 Å². The van der Waals surface area contributed by atoms with Crippen molar-refractivity contribution in [2.75, 3.05) is 0 Å². The van der Waals surface area contributed by atoms with Gasteiger partial charge >= 0.3 is 17.2 Å². The summed E-state index contributed by atoms with van der Waals surface area (Å²) in [6.07, 6.45) is 0.467. The van der Waals surface area contributed by atoms with E-state index in [-0.39, 0.29) is 5.78 Å². The fraction of sp³-hybridized carbons (Fsp3) is 0.0185. The molecule has 0 fully saturated rings. The van der Waals surface area contributed by atoms with Gasteiger partial charge in [-0.05, 0) is 121 Å². The molecule has 0 heterocycles. The second kappa shape index (κ2) is 16.8. The summed E-state index contributed by atoms with van der Waals surface area (Å²) in [6, 6.07) is 67.0. The van der Waals surface area contributed by atoms with Crippen molar-refractivity contribution in [3.63, 3.8) is 0 Å². The average molecular weight is 859 g/mol. The van der Waals surface area contributed by atoms with Crippen LogP contribution < -0.4 is 27.1 Å². The minimum atomic E-state index is -2.13. The number of benzene rings is 10. The van der Waals surface area contributed by atoms with E-state index in [1.54, 1.807) is 12.1 Å². The lowest BCUT2D eigenvalue weighted by Crippen LogP contribution is -2.18. The Morgan fingerprint density at radius 1 is 0.302 bits per heavy atom. The van der Waals surface area contributed by atoms with Crippen LogP contribution in [0.2, 0.25) is 0 Å². The second-order valence-electron chi connectivity index (χ2n) is 15.1. The van der Waals surface area contributed by atoms with Crippen molar-refractivity contribution in [1.82, 2.24) is 0 Å². The lowest BCUT2D eigenvalue weighted by Gasteiger charge is -2.25. The highest BCUT2D eigenvalue weighted by Gasteiger charge is 2.34.